The van der Waals surface area contributed by atoms with Gasteiger partial charge < -0.3 is 4.57 Å². The molecule has 0 radical (unpaired) electrons. The van der Waals surface area contributed by atoms with Gasteiger partial charge in [0.2, 0.25) is 0 Å². The van der Waals surface area contributed by atoms with Gasteiger partial charge in [-0.15, -0.1) is 0 Å². The van der Waals surface area contributed by atoms with Crippen LogP contribution in [0, 0.1) is 20.8 Å². The Hall–Kier alpha value is -2.83. The Balaban J connectivity index is 1.87. The number of fused-ring (bicyclic) bond motifs is 1. The molecule has 7 heteroatoms. The van der Waals surface area contributed by atoms with Crippen molar-refractivity contribution in [2.24, 2.45) is 0 Å². The van der Waals surface area contributed by atoms with Crippen LogP contribution in [0.25, 0.3) is 17.2 Å². The van der Waals surface area contributed by atoms with E-state index in [1.54, 1.807) is 30.6 Å². The topological polar surface area (TPSA) is 48.0 Å². The van der Waals surface area contributed by atoms with Crippen molar-refractivity contribution in [2.75, 3.05) is 0 Å². The number of aromatic nitrogens is 5. The summed E-state index contributed by atoms with van der Waals surface area (Å²) in [6.45, 7) is 9.07. The van der Waals surface area contributed by atoms with Gasteiger partial charge >= 0.3 is 0 Å². The molecule has 3 heterocycles. The fourth-order valence-corrected chi connectivity index (χ4v) is 2.79. The summed E-state index contributed by atoms with van der Waals surface area (Å²) in [4.78, 5) is 8.58. The van der Waals surface area contributed by atoms with Crippen molar-refractivity contribution in [1.29, 1.82) is 0 Å². The lowest BCUT2D eigenvalue weighted by molar-refractivity contribution is 0.125. The van der Waals surface area contributed by atoms with Gasteiger partial charge in [0, 0.05) is 17.5 Å². The lowest BCUT2D eigenvalue weighted by Crippen LogP contribution is -2.09. The van der Waals surface area contributed by atoms with Gasteiger partial charge in [-0.05, 0) is 38.5 Å². The molecule has 0 N–H and O–H groups in total. The van der Waals surface area contributed by atoms with E-state index in [-0.39, 0.29) is 6.54 Å². The first-order chi connectivity index (χ1) is 11.9. The molecule has 0 unspecified atom stereocenters. The summed E-state index contributed by atoms with van der Waals surface area (Å²) < 4.78 is 28.6. The Morgan fingerprint density at radius 1 is 1.32 bits per heavy atom. The van der Waals surface area contributed by atoms with E-state index in [9.17, 15) is 8.78 Å². The van der Waals surface area contributed by atoms with Gasteiger partial charge in [0.25, 0.3) is 6.43 Å². The minimum absolute atomic E-state index is 0.347. The summed E-state index contributed by atoms with van der Waals surface area (Å²) in [5.74, 6) is 1.26. The fraction of sp³-hybridized carbons (Fsp3) is 0.278. The maximum atomic E-state index is 12.7. The molecule has 5 nitrogen and oxygen atoms in total. The Morgan fingerprint density at radius 3 is 2.80 bits per heavy atom. The number of allylic oxidation sites excluding steroid dienone is 2. The van der Waals surface area contributed by atoms with Gasteiger partial charge in [0.05, 0.1) is 24.0 Å². The molecule has 0 aromatic carbocycles. The van der Waals surface area contributed by atoms with Crippen molar-refractivity contribution >= 4 is 17.2 Å². The van der Waals surface area contributed by atoms with Crippen molar-refractivity contribution in [3.05, 3.63) is 59.7 Å². The number of nitrogens with zero attached hydrogens (tertiary/aromatic N) is 5. The van der Waals surface area contributed by atoms with E-state index in [1.807, 2.05) is 25.3 Å². The molecule has 0 atom stereocenters. The molecule has 0 fully saturated rings. The molecular weight excluding hydrogens is 324 g/mol. The van der Waals surface area contributed by atoms with Crippen LogP contribution in [0.1, 0.15) is 28.6 Å². The number of alkyl halides is 2. The summed E-state index contributed by atoms with van der Waals surface area (Å²) in [5.41, 5.74) is 3.92. The second-order valence-electron chi connectivity index (χ2n) is 5.85. The minimum Gasteiger partial charge on any atom is -0.326 e. The zero-order chi connectivity index (χ0) is 18.1. The summed E-state index contributed by atoms with van der Waals surface area (Å²) in [6.07, 6.45) is 4.82. The predicted molar refractivity (Wildman–Crippen MR) is 93.5 cm³/mol. The zero-order valence-electron chi connectivity index (χ0n) is 14.4. The molecule has 3 aromatic rings. The van der Waals surface area contributed by atoms with Gasteiger partial charge in [-0.3, -0.25) is 0 Å². The molecule has 0 spiro atoms. The highest BCUT2D eigenvalue weighted by Gasteiger charge is 2.13. The van der Waals surface area contributed by atoms with Crippen LogP contribution < -0.4 is 0 Å². The normalized spacial score (nSPS) is 11.9. The monoisotopic (exact) mass is 343 g/mol. The molecule has 0 aliphatic heterocycles. The smallest absolute Gasteiger partial charge is 0.256 e. The third-order valence-electron chi connectivity index (χ3n) is 4.09. The molecule has 0 aliphatic rings. The number of imidazole rings is 1. The molecule has 0 amide bonds. The fourth-order valence-electron chi connectivity index (χ4n) is 2.79. The number of aryl methyl sites for hydroxylation is 2. The van der Waals surface area contributed by atoms with Crippen molar-refractivity contribution in [2.45, 2.75) is 33.7 Å². The first-order valence-corrected chi connectivity index (χ1v) is 7.87. The van der Waals surface area contributed by atoms with E-state index in [0.29, 0.717) is 23.0 Å². The van der Waals surface area contributed by atoms with Crippen molar-refractivity contribution in [3.63, 3.8) is 0 Å². The van der Waals surface area contributed by atoms with Gasteiger partial charge in [0.15, 0.2) is 0 Å². The van der Waals surface area contributed by atoms with Gasteiger partial charge in [-0.2, -0.15) is 5.10 Å². The number of hydrogen-bond acceptors (Lipinski definition) is 3. The van der Waals surface area contributed by atoms with Crippen LogP contribution >= 0.6 is 0 Å². The summed E-state index contributed by atoms with van der Waals surface area (Å²) in [7, 11) is 0. The first-order valence-electron chi connectivity index (χ1n) is 7.87. The highest BCUT2D eigenvalue weighted by molar-refractivity contribution is 5.85. The molecule has 3 rings (SSSR count). The van der Waals surface area contributed by atoms with Crippen LogP contribution in [-0.4, -0.2) is 30.6 Å². The molecular formula is C18H19F2N5. The molecule has 130 valence electrons. The second kappa shape index (κ2) is 6.58. The third kappa shape index (κ3) is 3.35. The van der Waals surface area contributed by atoms with E-state index in [0.717, 1.165) is 16.7 Å². The number of halogens is 2. The Morgan fingerprint density at radius 2 is 2.08 bits per heavy atom. The van der Waals surface area contributed by atoms with Crippen molar-refractivity contribution in [3.8, 4) is 0 Å². The molecule has 25 heavy (non-hydrogen) atoms. The molecule has 0 saturated carbocycles. The van der Waals surface area contributed by atoms with E-state index in [2.05, 4.69) is 21.6 Å². The van der Waals surface area contributed by atoms with Gasteiger partial charge in [0.1, 0.15) is 11.6 Å². The highest BCUT2D eigenvalue weighted by Crippen LogP contribution is 2.22. The Bertz CT molecular complexity index is 965. The molecule has 0 bridgehead atoms. The van der Waals surface area contributed by atoms with Crippen molar-refractivity contribution in [1.82, 2.24) is 24.1 Å². The maximum absolute atomic E-state index is 12.7. The minimum atomic E-state index is -2.41. The maximum Gasteiger partial charge on any atom is 0.256 e. The average Bonchev–Trinajstić information content (AvgIpc) is 3.08. The van der Waals surface area contributed by atoms with E-state index < -0.39 is 6.43 Å². The highest BCUT2D eigenvalue weighted by atomic mass is 19.3. The Labute approximate surface area is 144 Å². The van der Waals surface area contributed by atoms with E-state index >= 15 is 0 Å². The predicted octanol–water partition coefficient (Wildman–Crippen LogP) is 3.84. The zero-order valence-corrected chi connectivity index (χ0v) is 14.4. The van der Waals surface area contributed by atoms with Gasteiger partial charge in [-0.25, -0.2) is 23.3 Å². The summed E-state index contributed by atoms with van der Waals surface area (Å²) in [6, 6.07) is 1.92. The van der Waals surface area contributed by atoms with Crippen LogP contribution in [0.2, 0.25) is 0 Å². The van der Waals surface area contributed by atoms with Crippen LogP contribution in [0.5, 0.6) is 0 Å². The van der Waals surface area contributed by atoms with Gasteiger partial charge in [-0.1, -0.05) is 12.7 Å². The molecule has 0 saturated heterocycles. The first kappa shape index (κ1) is 17.0. The lowest BCUT2D eigenvalue weighted by Gasteiger charge is -2.06. The van der Waals surface area contributed by atoms with Crippen molar-refractivity contribution < 1.29 is 8.78 Å². The largest absolute Gasteiger partial charge is 0.326 e. The SMILES string of the molecule is C=C(/C=C\c1nc(C)n(CC(F)F)c1C)c1ccn2nc(C)ncc12. The molecule has 3 aromatic heterocycles. The van der Waals surface area contributed by atoms with E-state index in [1.165, 1.54) is 4.57 Å². The average molecular weight is 343 g/mol. The summed E-state index contributed by atoms with van der Waals surface area (Å²) >= 11 is 0. The standard InChI is InChI=1S/C18H19F2N5/c1-11(15-7-8-25-17(15)9-21-13(3)23-25)5-6-16-12(2)24(10-18(19)20)14(4)22-16/h5-9,18H,1,10H2,2-4H3/b6-5-. The number of rotatable bonds is 5. The van der Waals surface area contributed by atoms with Crippen LogP contribution in [0.15, 0.2) is 31.1 Å². The van der Waals surface area contributed by atoms with Crippen LogP contribution in [0.3, 0.4) is 0 Å². The van der Waals surface area contributed by atoms with E-state index in [4.69, 9.17) is 0 Å². The second-order valence-corrected chi connectivity index (χ2v) is 5.85. The lowest BCUT2D eigenvalue weighted by atomic mass is 10.1. The Kier molecular flexibility index (Phi) is 4.48. The van der Waals surface area contributed by atoms with Crippen LogP contribution in [-0.2, 0) is 6.54 Å². The summed E-state index contributed by atoms with van der Waals surface area (Å²) in [5, 5.41) is 4.31. The third-order valence-corrected chi connectivity index (χ3v) is 4.09. The van der Waals surface area contributed by atoms with Crippen LogP contribution in [0.4, 0.5) is 8.78 Å². The number of hydrogen-bond donors (Lipinski definition) is 0. The molecule has 0 aliphatic carbocycles. The quantitative estimate of drug-likeness (QED) is 0.661.